The third-order valence-electron chi connectivity index (χ3n) is 6.04. The highest BCUT2D eigenvalue weighted by molar-refractivity contribution is 7.80. The van der Waals surface area contributed by atoms with E-state index in [1.54, 1.807) is 0 Å². The molecule has 1 saturated carbocycles. The lowest BCUT2D eigenvalue weighted by Gasteiger charge is -2.44. The number of rotatable bonds is 10. The van der Waals surface area contributed by atoms with Crippen LogP contribution in [0.5, 0.6) is 0 Å². The summed E-state index contributed by atoms with van der Waals surface area (Å²) in [5, 5.41) is 27.0. The number of thiocarbonyl (C=S) groups is 1. The van der Waals surface area contributed by atoms with E-state index in [0.717, 1.165) is 38.5 Å². The summed E-state index contributed by atoms with van der Waals surface area (Å²) in [7, 11) is 0. The van der Waals surface area contributed by atoms with Crippen molar-refractivity contribution in [2.45, 2.75) is 89.2 Å². The zero-order chi connectivity index (χ0) is 19.2. The van der Waals surface area contributed by atoms with Crippen LogP contribution in [-0.2, 0) is 9.59 Å². The van der Waals surface area contributed by atoms with Crippen molar-refractivity contribution >= 4 is 29.2 Å². The second kappa shape index (κ2) is 9.65. The topological polar surface area (TPSA) is 98.7 Å². The number of hydrogen-bond donors (Lipinski definition) is 4. The number of carboxylic acid groups (broad SMARTS) is 1. The Hall–Kier alpha value is -1.21. The molecule has 0 aromatic carbocycles. The van der Waals surface area contributed by atoms with Gasteiger partial charge in [0.05, 0.1) is 12.0 Å². The Morgan fingerprint density at radius 1 is 1.35 bits per heavy atom. The summed E-state index contributed by atoms with van der Waals surface area (Å²) < 4.78 is 0. The zero-order valence-corrected chi connectivity index (χ0v) is 16.4. The first-order valence-electron chi connectivity index (χ1n) is 9.92. The van der Waals surface area contributed by atoms with Crippen molar-refractivity contribution in [3.63, 3.8) is 0 Å². The van der Waals surface area contributed by atoms with Gasteiger partial charge in [0.1, 0.15) is 6.04 Å². The smallest absolute Gasteiger partial charge is 0.303 e. The van der Waals surface area contributed by atoms with Gasteiger partial charge >= 0.3 is 5.97 Å². The van der Waals surface area contributed by atoms with Gasteiger partial charge in [-0.3, -0.25) is 9.59 Å². The van der Waals surface area contributed by atoms with E-state index in [0.29, 0.717) is 24.4 Å². The zero-order valence-electron chi connectivity index (χ0n) is 15.6. The number of carboxylic acids is 1. The van der Waals surface area contributed by atoms with E-state index < -0.39 is 17.6 Å². The van der Waals surface area contributed by atoms with Crippen molar-refractivity contribution in [2.24, 2.45) is 11.8 Å². The maximum absolute atomic E-state index is 12.0. The molecule has 4 N–H and O–H groups in total. The van der Waals surface area contributed by atoms with E-state index in [4.69, 9.17) is 12.2 Å². The molecule has 2 aliphatic rings. The first kappa shape index (κ1) is 21.1. The summed E-state index contributed by atoms with van der Waals surface area (Å²) in [4.78, 5) is 23.4. The van der Waals surface area contributed by atoms with Crippen LogP contribution in [-0.4, -0.2) is 38.8 Å². The highest BCUT2D eigenvalue weighted by atomic mass is 32.1. The number of amides is 1. The van der Waals surface area contributed by atoms with Crippen molar-refractivity contribution in [1.82, 2.24) is 10.6 Å². The number of aliphatic hydroxyl groups is 1. The van der Waals surface area contributed by atoms with Crippen molar-refractivity contribution in [2.75, 3.05) is 0 Å². The number of aliphatic carboxylic acids is 1. The standard InChI is InChI=1S/C19H32N2O4S/c1-2-3-7-14(12-16(22)23)19(25,13-8-5-4-6-9-13)11-10-15-17(24)21-18(26)20-15/h13-15,25H,2-12H2,1H3,(H,22,23)(H2,20,21,24,26). The Balaban J connectivity index is 2.16. The number of carbonyl (C=O) groups is 2. The number of unbranched alkanes of at least 4 members (excludes halogenated alkanes) is 1. The highest BCUT2D eigenvalue weighted by Crippen LogP contribution is 2.43. The van der Waals surface area contributed by atoms with Crippen LogP contribution in [0.1, 0.15) is 77.6 Å². The molecule has 3 atom stereocenters. The van der Waals surface area contributed by atoms with Crippen molar-refractivity contribution in [3.8, 4) is 0 Å². The summed E-state index contributed by atoms with van der Waals surface area (Å²) in [5.41, 5.74) is -1.04. The monoisotopic (exact) mass is 384 g/mol. The maximum atomic E-state index is 12.0. The minimum Gasteiger partial charge on any atom is -0.481 e. The van der Waals surface area contributed by atoms with Gasteiger partial charge in [0.25, 0.3) is 0 Å². The van der Waals surface area contributed by atoms with E-state index >= 15 is 0 Å². The van der Waals surface area contributed by atoms with Gasteiger partial charge in [-0.05, 0) is 56.2 Å². The molecule has 1 aliphatic heterocycles. The normalized spacial score (nSPS) is 24.6. The molecule has 0 spiro atoms. The fraction of sp³-hybridized carbons (Fsp3) is 0.842. The first-order valence-corrected chi connectivity index (χ1v) is 10.3. The van der Waals surface area contributed by atoms with E-state index in [-0.39, 0.29) is 24.2 Å². The van der Waals surface area contributed by atoms with Crippen LogP contribution in [0.25, 0.3) is 0 Å². The van der Waals surface area contributed by atoms with E-state index in [1.165, 1.54) is 6.42 Å². The molecule has 2 fully saturated rings. The molecule has 0 radical (unpaired) electrons. The van der Waals surface area contributed by atoms with Crippen LogP contribution in [0, 0.1) is 11.8 Å². The van der Waals surface area contributed by atoms with Crippen LogP contribution in [0.2, 0.25) is 0 Å². The fourth-order valence-corrected chi connectivity index (χ4v) is 4.81. The molecular weight excluding hydrogens is 352 g/mol. The summed E-state index contributed by atoms with van der Waals surface area (Å²) >= 11 is 4.99. The van der Waals surface area contributed by atoms with Crippen LogP contribution in [0.3, 0.4) is 0 Å². The molecule has 26 heavy (non-hydrogen) atoms. The van der Waals surface area contributed by atoms with Crippen LogP contribution < -0.4 is 10.6 Å². The van der Waals surface area contributed by atoms with Crippen LogP contribution in [0.15, 0.2) is 0 Å². The lowest BCUT2D eigenvalue weighted by molar-refractivity contribution is -0.146. The fourth-order valence-electron chi connectivity index (χ4n) is 4.57. The van der Waals surface area contributed by atoms with Crippen molar-refractivity contribution < 1.29 is 19.8 Å². The molecule has 7 heteroatoms. The minimum atomic E-state index is -1.04. The minimum absolute atomic E-state index is 0.0182. The van der Waals surface area contributed by atoms with Crippen molar-refractivity contribution in [3.05, 3.63) is 0 Å². The van der Waals surface area contributed by atoms with Crippen LogP contribution >= 0.6 is 12.2 Å². The summed E-state index contributed by atoms with van der Waals surface area (Å²) in [6.45, 7) is 2.07. The lowest BCUT2D eigenvalue weighted by Crippen LogP contribution is -2.48. The molecule has 0 bridgehead atoms. The first-order chi connectivity index (χ1) is 12.4. The third-order valence-corrected chi connectivity index (χ3v) is 6.26. The van der Waals surface area contributed by atoms with Gasteiger partial charge in [-0.25, -0.2) is 0 Å². The Bertz CT molecular complexity index is 522. The predicted octanol–water partition coefficient (Wildman–Crippen LogP) is 2.73. The van der Waals surface area contributed by atoms with Crippen LogP contribution in [0.4, 0.5) is 0 Å². The summed E-state index contributed by atoms with van der Waals surface area (Å²) in [6.07, 6.45) is 8.63. The molecule has 2 rings (SSSR count). The molecule has 6 nitrogen and oxygen atoms in total. The largest absolute Gasteiger partial charge is 0.481 e. The van der Waals surface area contributed by atoms with E-state index in [2.05, 4.69) is 17.6 Å². The summed E-state index contributed by atoms with van der Waals surface area (Å²) in [5.74, 6) is -1.20. The predicted molar refractivity (Wildman–Crippen MR) is 104 cm³/mol. The molecular formula is C19H32N2O4S. The third kappa shape index (κ3) is 5.39. The van der Waals surface area contributed by atoms with E-state index in [1.807, 2.05) is 0 Å². The SMILES string of the molecule is CCCCC(CC(=O)O)C(O)(CCC1NC(=S)NC1=O)C1CCCCC1. The Morgan fingerprint density at radius 3 is 2.58 bits per heavy atom. The van der Waals surface area contributed by atoms with Gasteiger partial charge in [-0.1, -0.05) is 39.0 Å². The molecule has 0 aromatic heterocycles. The molecule has 0 aromatic rings. The summed E-state index contributed by atoms with van der Waals surface area (Å²) in [6, 6.07) is -0.436. The molecule has 1 saturated heterocycles. The number of carbonyl (C=O) groups excluding carboxylic acids is 1. The quantitative estimate of drug-likeness (QED) is 0.432. The highest BCUT2D eigenvalue weighted by Gasteiger charge is 2.45. The van der Waals surface area contributed by atoms with Gasteiger partial charge in [0.2, 0.25) is 5.91 Å². The molecule has 1 amide bonds. The Kier molecular flexibility index (Phi) is 7.83. The molecule has 1 aliphatic carbocycles. The Morgan fingerprint density at radius 2 is 2.04 bits per heavy atom. The average Bonchev–Trinajstić information content (AvgIpc) is 2.94. The van der Waals surface area contributed by atoms with Crippen molar-refractivity contribution in [1.29, 1.82) is 0 Å². The maximum Gasteiger partial charge on any atom is 0.303 e. The molecule has 148 valence electrons. The van der Waals surface area contributed by atoms with Gasteiger partial charge in [-0.2, -0.15) is 0 Å². The van der Waals surface area contributed by atoms with Gasteiger partial charge < -0.3 is 20.8 Å². The lowest BCUT2D eigenvalue weighted by atomic mass is 9.66. The molecule has 3 unspecified atom stereocenters. The number of hydrogen-bond acceptors (Lipinski definition) is 4. The molecule has 1 heterocycles. The second-order valence-electron chi connectivity index (χ2n) is 7.82. The van der Waals surface area contributed by atoms with Gasteiger partial charge in [0.15, 0.2) is 5.11 Å². The van der Waals surface area contributed by atoms with E-state index in [9.17, 15) is 19.8 Å². The average molecular weight is 385 g/mol. The Labute approximate surface area is 161 Å². The number of nitrogens with one attached hydrogen (secondary N) is 2. The van der Waals surface area contributed by atoms with Gasteiger partial charge in [0, 0.05) is 0 Å². The second-order valence-corrected chi connectivity index (χ2v) is 8.23. The van der Waals surface area contributed by atoms with Gasteiger partial charge in [-0.15, -0.1) is 0 Å².